The fraction of sp³-hybridized carbons (Fsp3) is 0.533. The molecule has 1 rings (SSSR count). The molecule has 1 heterocycles. The molecule has 0 spiro atoms. The van der Waals surface area contributed by atoms with E-state index >= 15 is 0 Å². The molecule has 0 aliphatic heterocycles. The molecular weight excluding hydrogens is 222 g/mol. The molecule has 0 radical (unpaired) electrons. The minimum Gasteiger partial charge on any atom is -0.286 e. The van der Waals surface area contributed by atoms with E-state index in [1.165, 1.54) is 5.57 Å². The van der Waals surface area contributed by atoms with Crippen molar-refractivity contribution in [3.8, 4) is 0 Å². The maximum atomic E-state index is 4.57. The van der Waals surface area contributed by atoms with Crippen molar-refractivity contribution in [2.45, 2.75) is 53.0 Å². The summed E-state index contributed by atoms with van der Waals surface area (Å²) in [5.41, 5.74) is 3.18. The van der Waals surface area contributed by atoms with Gasteiger partial charge in [0, 0.05) is 11.4 Å². The molecule has 1 aromatic rings. The van der Waals surface area contributed by atoms with Gasteiger partial charge in [-0.05, 0) is 45.4 Å². The Labute approximate surface area is 110 Å². The number of aromatic nitrogens is 2. The number of aliphatic imine (C=N–C) groups is 1. The molecule has 1 atom stereocenters. The molecule has 0 aliphatic rings. The van der Waals surface area contributed by atoms with E-state index in [1.54, 1.807) is 0 Å². The monoisotopic (exact) mass is 245 g/mol. The lowest BCUT2D eigenvalue weighted by Gasteiger charge is -2.13. The maximum absolute atomic E-state index is 4.57. The van der Waals surface area contributed by atoms with Crippen molar-refractivity contribution < 1.29 is 0 Å². The van der Waals surface area contributed by atoms with Crippen molar-refractivity contribution in [2.24, 2.45) is 4.99 Å². The van der Waals surface area contributed by atoms with Gasteiger partial charge in [0.15, 0.2) is 5.82 Å². The second-order valence-electron chi connectivity index (χ2n) is 4.57. The van der Waals surface area contributed by atoms with Crippen LogP contribution in [0.3, 0.4) is 0 Å². The summed E-state index contributed by atoms with van der Waals surface area (Å²) in [6.07, 6.45) is 4.67. The van der Waals surface area contributed by atoms with E-state index in [4.69, 9.17) is 0 Å². The van der Waals surface area contributed by atoms with Gasteiger partial charge in [0.25, 0.3) is 0 Å². The fourth-order valence-corrected chi connectivity index (χ4v) is 1.76. The van der Waals surface area contributed by atoms with E-state index in [0.717, 1.165) is 36.5 Å². The quantitative estimate of drug-likeness (QED) is 0.562. The summed E-state index contributed by atoms with van der Waals surface area (Å²) in [5.74, 6) is 0.812. The molecule has 1 aromatic heterocycles. The number of hydrogen-bond donors (Lipinski definition) is 0. The summed E-state index contributed by atoms with van der Waals surface area (Å²) in [7, 11) is 0. The third kappa shape index (κ3) is 4.40. The molecule has 0 aliphatic carbocycles. The van der Waals surface area contributed by atoms with Crippen molar-refractivity contribution in [1.82, 2.24) is 9.97 Å². The summed E-state index contributed by atoms with van der Waals surface area (Å²) in [5, 5.41) is 0. The average Bonchev–Trinajstić information content (AvgIpc) is 2.32. The van der Waals surface area contributed by atoms with Crippen LogP contribution in [0.5, 0.6) is 0 Å². The SMILES string of the molecule is C=C(CC)CC(N=CCC)c1nc(C)cc(C)n1. The Morgan fingerprint density at radius 2 is 1.94 bits per heavy atom. The van der Waals surface area contributed by atoms with E-state index < -0.39 is 0 Å². The zero-order valence-electron chi connectivity index (χ0n) is 11.9. The van der Waals surface area contributed by atoms with Crippen LogP contribution >= 0.6 is 0 Å². The molecule has 0 amide bonds. The lowest BCUT2D eigenvalue weighted by Crippen LogP contribution is -2.06. The summed E-state index contributed by atoms with van der Waals surface area (Å²) in [6, 6.07) is 2.00. The summed E-state index contributed by atoms with van der Waals surface area (Å²) >= 11 is 0. The van der Waals surface area contributed by atoms with Gasteiger partial charge in [-0.25, -0.2) is 9.97 Å². The Kier molecular flexibility index (Phi) is 5.69. The molecule has 18 heavy (non-hydrogen) atoms. The van der Waals surface area contributed by atoms with Crippen molar-refractivity contribution in [1.29, 1.82) is 0 Å². The molecule has 0 saturated heterocycles. The second kappa shape index (κ2) is 7.04. The summed E-state index contributed by atoms with van der Waals surface area (Å²) < 4.78 is 0. The molecule has 3 nitrogen and oxygen atoms in total. The number of aryl methyl sites for hydroxylation is 2. The second-order valence-corrected chi connectivity index (χ2v) is 4.57. The molecule has 3 heteroatoms. The van der Waals surface area contributed by atoms with Crippen LogP contribution in [0, 0.1) is 13.8 Å². The van der Waals surface area contributed by atoms with E-state index in [-0.39, 0.29) is 6.04 Å². The van der Waals surface area contributed by atoms with Crippen molar-refractivity contribution >= 4 is 6.21 Å². The minimum absolute atomic E-state index is 0.0102. The molecular formula is C15H23N3. The van der Waals surface area contributed by atoms with Gasteiger partial charge in [-0.15, -0.1) is 0 Å². The normalized spacial score (nSPS) is 12.9. The van der Waals surface area contributed by atoms with Crippen LogP contribution in [0.2, 0.25) is 0 Å². The van der Waals surface area contributed by atoms with Crippen LogP contribution in [0.15, 0.2) is 23.2 Å². The van der Waals surface area contributed by atoms with Crippen LogP contribution in [0.4, 0.5) is 0 Å². The van der Waals surface area contributed by atoms with Gasteiger partial charge < -0.3 is 0 Å². The highest BCUT2D eigenvalue weighted by Crippen LogP contribution is 2.23. The van der Waals surface area contributed by atoms with Gasteiger partial charge in [0.05, 0.1) is 0 Å². The van der Waals surface area contributed by atoms with Crippen LogP contribution in [0.25, 0.3) is 0 Å². The van der Waals surface area contributed by atoms with E-state index in [2.05, 4.69) is 35.4 Å². The standard InChI is InChI=1S/C15H23N3/c1-6-8-16-14(9-11(3)7-2)15-17-12(4)10-13(5)18-15/h8,10,14H,3,6-7,9H2,1-2,4-5H3. The van der Waals surface area contributed by atoms with Gasteiger partial charge >= 0.3 is 0 Å². The zero-order valence-corrected chi connectivity index (χ0v) is 11.9. The molecule has 0 N–H and O–H groups in total. The lowest BCUT2D eigenvalue weighted by molar-refractivity contribution is 0.650. The predicted molar refractivity (Wildman–Crippen MR) is 77.1 cm³/mol. The minimum atomic E-state index is 0.0102. The first-order valence-electron chi connectivity index (χ1n) is 6.57. The third-order valence-electron chi connectivity index (χ3n) is 2.75. The first kappa shape index (κ1) is 14.6. The molecule has 0 saturated carbocycles. The van der Waals surface area contributed by atoms with Gasteiger partial charge in [-0.3, -0.25) is 4.99 Å². The summed E-state index contributed by atoms with van der Waals surface area (Å²) in [4.78, 5) is 13.6. The van der Waals surface area contributed by atoms with Gasteiger partial charge in [0.1, 0.15) is 6.04 Å². The van der Waals surface area contributed by atoms with E-state index in [9.17, 15) is 0 Å². The van der Waals surface area contributed by atoms with E-state index in [0.29, 0.717) is 0 Å². The lowest BCUT2D eigenvalue weighted by atomic mass is 10.1. The third-order valence-corrected chi connectivity index (χ3v) is 2.75. The molecule has 1 unspecified atom stereocenters. The van der Waals surface area contributed by atoms with Crippen LogP contribution in [-0.2, 0) is 0 Å². The Bertz CT molecular complexity index is 415. The van der Waals surface area contributed by atoms with Gasteiger partial charge in [-0.2, -0.15) is 0 Å². The topological polar surface area (TPSA) is 38.1 Å². The zero-order chi connectivity index (χ0) is 13.5. The van der Waals surface area contributed by atoms with Crippen molar-refractivity contribution in [3.05, 3.63) is 35.4 Å². The number of hydrogen-bond acceptors (Lipinski definition) is 3. The van der Waals surface area contributed by atoms with Crippen molar-refractivity contribution in [2.75, 3.05) is 0 Å². The van der Waals surface area contributed by atoms with Crippen LogP contribution in [0.1, 0.15) is 56.4 Å². The Morgan fingerprint density at radius 3 is 2.44 bits per heavy atom. The first-order valence-corrected chi connectivity index (χ1v) is 6.57. The number of nitrogens with zero attached hydrogens (tertiary/aromatic N) is 3. The van der Waals surface area contributed by atoms with Crippen molar-refractivity contribution in [3.63, 3.8) is 0 Å². The molecule has 0 bridgehead atoms. The van der Waals surface area contributed by atoms with Crippen LogP contribution in [-0.4, -0.2) is 16.2 Å². The van der Waals surface area contributed by atoms with Gasteiger partial charge in [0.2, 0.25) is 0 Å². The Hall–Kier alpha value is -1.51. The highest BCUT2D eigenvalue weighted by Gasteiger charge is 2.14. The highest BCUT2D eigenvalue weighted by atomic mass is 15.0. The van der Waals surface area contributed by atoms with E-state index in [1.807, 2.05) is 26.1 Å². The fourth-order valence-electron chi connectivity index (χ4n) is 1.76. The number of rotatable bonds is 6. The smallest absolute Gasteiger partial charge is 0.153 e. The predicted octanol–water partition coefficient (Wildman–Crippen LogP) is 3.97. The highest BCUT2D eigenvalue weighted by molar-refractivity contribution is 5.57. The molecule has 0 fully saturated rings. The Morgan fingerprint density at radius 1 is 1.33 bits per heavy atom. The summed E-state index contributed by atoms with van der Waals surface area (Å²) in [6.45, 7) is 12.2. The maximum Gasteiger partial charge on any atom is 0.153 e. The average molecular weight is 245 g/mol. The first-order chi connectivity index (χ1) is 8.56. The largest absolute Gasteiger partial charge is 0.286 e. The van der Waals surface area contributed by atoms with Crippen LogP contribution < -0.4 is 0 Å². The van der Waals surface area contributed by atoms with Gasteiger partial charge in [-0.1, -0.05) is 26.0 Å². The molecule has 98 valence electrons. The molecule has 0 aromatic carbocycles. The Balaban J connectivity index is 3.00.